The third-order valence-corrected chi connectivity index (χ3v) is 5.42. The van der Waals surface area contributed by atoms with Crippen molar-refractivity contribution in [1.82, 2.24) is 24.7 Å². The van der Waals surface area contributed by atoms with Gasteiger partial charge >= 0.3 is 0 Å². The SMILES string of the molecule is CN1CCN(Cc2cccc(CNC(=O)c3cncn3-c3ccc(F)cc3)c2)CC1. The number of halogens is 1. The topological polar surface area (TPSA) is 53.4 Å². The molecule has 0 unspecified atom stereocenters. The zero-order valence-corrected chi connectivity index (χ0v) is 17.1. The molecule has 2 aromatic carbocycles. The molecule has 3 aromatic rings. The lowest BCUT2D eigenvalue weighted by atomic mass is 10.1. The zero-order chi connectivity index (χ0) is 20.9. The van der Waals surface area contributed by atoms with E-state index in [0.717, 1.165) is 38.3 Å². The van der Waals surface area contributed by atoms with Gasteiger partial charge in [0.25, 0.3) is 5.91 Å². The number of aromatic nitrogens is 2. The highest BCUT2D eigenvalue weighted by atomic mass is 19.1. The maximum absolute atomic E-state index is 13.2. The first kappa shape index (κ1) is 20.3. The van der Waals surface area contributed by atoms with Gasteiger partial charge in [0.05, 0.1) is 12.5 Å². The molecule has 30 heavy (non-hydrogen) atoms. The van der Waals surface area contributed by atoms with Gasteiger partial charge < -0.3 is 10.2 Å². The van der Waals surface area contributed by atoms with Crippen LogP contribution < -0.4 is 5.32 Å². The number of nitrogens with zero attached hydrogens (tertiary/aromatic N) is 4. The van der Waals surface area contributed by atoms with Crippen LogP contribution in [-0.4, -0.2) is 58.5 Å². The molecule has 1 fully saturated rings. The summed E-state index contributed by atoms with van der Waals surface area (Å²) in [6.07, 6.45) is 3.07. The number of hydrogen-bond acceptors (Lipinski definition) is 4. The molecular formula is C23H26FN5O. The number of rotatable bonds is 6. The molecule has 6 nitrogen and oxygen atoms in total. The summed E-state index contributed by atoms with van der Waals surface area (Å²) in [5, 5.41) is 2.97. The van der Waals surface area contributed by atoms with Gasteiger partial charge in [-0.1, -0.05) is 24.3 Å². The smallest absolute Gasteiger partial charge is 0.270 e. The highest BCUT2D eigenvalue weighted by Gasteiger charge is 2.15. The molecule has 0 spiro atoms. The van der Waals surface area contributed by atoms with Gasteiger partial charge in [0.15, 0.2) is 0 Å². The van der Waals surface area contributed by atoms with Crippen molar-refractivity contribution in [3.05, 3.63) is 83.7 Å². The van der Waals surface area contributed by atoms with Gasteiger partial charge in [-0.25, -0.2) is 9.37 Å². The molecule has 1 aliphatic heterocycles. The Labute approximate surface area is 175 Å². The third kappa shape index (κ3) is 4.93. The Balaban J connectivity index is 1.38. The van der Waals surface area contributed by atoms with E-state index in [0.29, 0.717) is 17.9 Å². The lowest BCUT2D eigenvalue weighted by Gasteiger charge is -2.32. The van der Waals surface area contributed by atoms with Crippen molar-refractivity contribution in [2.24, 2.45) is 0 Å². The van der Waals surface area contributed by atoms with Crippen molar-refractivity contribution in [2.75, 3.05) is 33.2 Å². The van der Waals surface area contributed by atoms with E-state index in [1.807, 2.05) is 12.1 Å². The van der Waals surface area contributed by atoms with Crippen LogP contribution >= 0.6 is 0 Å². The lowest BCUT2D eigenvalue weighted by Crippen LogP contribution is -2.43. The predicted molar refractivity (Wildman–Crippen MR) is 114 cm³/mol. The van der Waals surface area contributed by atoms with E-state index in [2.05, 4.69) is 39.3 Å². The monoisotopic (exact) mass is 407 g/mol. The summed E-state index contributed by atoms with van der Waals surface area (Å²) in [7, 11) is 2.16. The van der Waals surface area contributed by atoms with Crippen LogP contribution in [0.25, 0.3) is 5.69 Å². The van der Waals surface area contributed by atoms with Crippen LogP contribution in [0, 0.1) is 5.82 Å². The van der Waals surface area contributed by atoms with Gasteiger partial charge in [-0.05, 0) is 42.4 Å². The molecule has 1 aliphatic rings. The molecule has 0 radical (unpaired) electrons. The fourth-order valence-electron chi connectivity index (χ4n) is 3.65. The number of hydrogen-bond donors (Lipinski definition) is 1. The van der Waals surface area contributed by atoms with E-state index < -0.39 is 0 Å². The number of carbonyl (C=O) groups excluding carboxylic acids is 1. The quantitative estimate of drug-likeness (QED) is 0.683. The number of piperazine rings is 1. The molecule has 1 N–H and O–H groups in total. The molecule has 0 atom stereocenters. The Morgan fingerprint density at radius 2 is 1.80 bits per heavy atom. The van der Waals surface area contributed by atoms with Crippen LogP contribution in [0.15, 0.2) is 61.1 Å². The van der Waals surface area contributed by atoms with Crippen molar-refractivity contribution in [2.45, 2.75) is 13.1 Å². The summed E-state index contributed by atoms with van der Waals surface area (Å²) in [6.45, 7) is 5.70. The van der Waals surface area contributed by atoms with Gasteiger partial charge in [0.2, 0.25) is 0 Å². The normalized spacial score (nSPS) is 15.3. The third-order valence-electron chi connectivity index (χ3n) is 5.42. The molecule has 1 aromatic heterocycles. The fourth-order valence-corrected chi connectivity index (χ4v) is 3.65. The molecule has 4 rings (SSSR count). The van der Waals surface area contributed by atoms with Crippen molar-refractivity contribution >= 4 is 5.91 Å². The molecule has 0 bridgehead atoms. The van der Waals surface area contributed by atoms with E-state index in [-0.39, 0.29) is 11.7 Å². The number of likely N-dealkylation sites (N-methyl/N-ethyl adjacent to an activating group) is 1. The van der Waals surface area contributed by atoms with E-state index in [9.17, 15) is 9.18 Å². The van der Waals surface area contributed by atoms with Crippen molar-refractivity contribution in [3.8, 4) is 5.69 Å². The summed E-state index contributed by atoms with van der Waals surface area (Å²) in [6, 6.07) is 14.3. The van der Waals surface area contributed by atoms with Crippen LogP contribution in [0.2, 0.25) is 0 Å². The minimum Gasteiger partial charge on any atom is -0.347 e. The molecular weight excluding hydrogens is 381 g/mol. The molecule has 0 saturated carbocycles. The standard InChI is InChI=1S/C23H26FN5O/c1-27-9-11-28(12-10-27)16-19-4-2-3-18(13-19)14-26-23(30)22-15-25-17-29(22)21-7-5-20(24)6-8-21/h2-8,13,15,17H,9-12,14,16H2,1H3,(H,26,30). The Bertz CT molecular complexity index is 993. The summed E-state index contributed by atoms with van der Waals surface area (Å²) < 4.78 is 14.8. The van der Waals surface area contributed by atoms with E-state index in [1.54, 1.807) is 23.0 Å². The molecule has 1 saturated heterocycles. The van der Waals surface area contributed by atoms with Crippen molar-refractivity contribution < 1.29 is 9.18 Å². The summed E-state index contributed by atoms with van der Waals surface area (Å²) >= 11 is 0. The van der Waals surface area contributed by atoms with Gasteiger partial charge in [0.1, 0.15) is 11.5 Å². The summed E-state index contributed by atoms with van der Waals surface area (Å²) in [4.78, 5) is 21.6. The zero-order valence-electron chi connectivity index (χ0n) is 17.1. The highest BCUT2D eigenvalue weighted by molar-refractivity contribution is 5.92. The second-order valence-electron chi connectivity index (χ2n) is 7.71. The average molecular weight is 407 g/mol. The van der Waals surface area contributed by atoms with Gasteiger partial charge in [-0.2, -0.15) is 0 Å². The Morgan fingerprint density at radius 3 is 2.57 bits per heavy atom. The number of imidazole rings is 1. The minimum absolute atomic E-state index is 0.221. The predicted octanol–water partition coefficient (Wildman–Crippen LogP) is 2.69. The maximum atomic E-state index is 13.2. The van der Waals surface area contributed by atoms with Crippen LogP contribution in [0.4, 0.5) is 4.39 Å². The summed E-state index contributed by atoms with van der Waals surface area (Å²) in [5.41, 5.74) is 3.41. The fraction of sp³-hybridized carbons (Fsp3) is 0.304. The Morgan fingerprint density at radius 1 is 1.07 bits per heavy atom. The largest absolute Gasteiger partial charge is 0.347 e. The average Bonchev–Trinajstić information content (AvgIpc) is 3.25. The Hall–Kier alpha value is -3.03. The van der Waals surface area contributed by atoms with Gasteiger partial charge in [-0.3, -0.25) is 14.3 Å². The van der Waals surface area contributed by atoms with Crippen LogP contribution in [0.1, 0.15) is 21.6 Å². The van der Waals surface area contributed by atoms with Crippen LogP contribution in [0.5, 0.6) is 0 Å². The van der Waals surface area contributed by atoms with Gasteiger partial charge in [0, 0.05) is 45.0 Å². The number of amides is 1. The second-order valence-corrected chi connectivity index (χ2v) is 7.71. The summed E-state index contributed by atoms with van der Waals surface area (Å²) in [5.74, 6) is -0.539. The number of benzene rings is 2. The van der Waals surface area contributed by atoms with E-state index in [4.69, 9.17) is 0 Å². The van der Waals surface area contributed by atoms with Crippen molar-refractivity contribution in [3.63, 3.8) is 0 Å². The molecule has 0 aliphatic carbocycles. The minimum atomic E-state index is -0.318. The first-order valence-electron chi connectivity index (χ1n) is 10.1. The van der Waals surface area contributed by atoms with Gasteiger partial charge in [-0.15, -0.1) is 0 Å². The van der Waals surface area contributed by atoms with E-state index >= 15 is 0 Å². The molecule has 1 amide bonds. The first-order valence-corrected chi connectivity index (χ1v) is 10.1. The number of nitrogens with one attached hydrogen (secondary N) is 1. The molecule has 156 valence electrons. The van der Waals surface area contributed by atoms with Crippen LogP contribution in [-0.2, 0) is 13.1 Å². The first-order chi connectivity index (χ1) is 14.6. The second kappa shape index (κ2) is 9.19. The molecule has 7 heteroatoms. The van der Waals surface area contributed by atoms with Crippen molar-refractivity contribution in [1.29, 1.82) is 0 Å². The lowest BCUT2D eigenvalue weighted by molar-refractivity contribution is 0.0944. The van der Waals surface area contributed by atoms with E-state index in [1.165, 1.54) is 23.9 Å². The highest BCUT2D eigenvalue weighted by Crippen LogP contribution is 2.13. The van der Waals surface area contributed by atoms with Crippen LogP contribution in [0.3, 0.4) is 0 Å². The number of carbonyl (C=O) groups is 1. The maximum Gasteiger partial charge on any atom is 0.270 e. The Kier molecular flexibility index (Phi) is 6.21. The molecule has 2 heterocycles.